The molecular weight excluding hydrogens is 320 g/mol. The van der Waals surface area contributed by atoms with Crippen LogP contribution in [0.15, 0.2) is 24.5 Å². The fraction of sp³-hybridized carbons (Fsp3) is 0.500. The summed E-state index contributed by atoms with van der Waals surface area (Å²) in [7, 11) is 0. The van der Waals surface area contributed by atoms with Gasteiger partial charge in [0, 0.05) is 18.8 Å². The number of aromatic amines is 1. The SMILES string of the molecule is O=C(Nc1ccc2nc[nH]c2c1)[C@H]1CCCCN1C(=O)[C@@H]1CCCO1. The van der Waals surface area contributed by atoms with E-state index in [1.807, 2.05) is 18.2 Å². The van der Waals surface area contributed by atoms with Crippen molar-refractivity contribution in [3.63, 3.8) is 0 Å². The number of ether oxygens (including phenoxy) is 1. The zero-order valence-corrected chi connectivity index (χ0v) is 14.0. The zero-order chi connectivity index (χ0) is 17.2. The minimum absolute atomic E-state index is 0.0404. The van der Waals surface area contributed by atoms with Gasteiger partial charge in [-0.25, -0.2) is 4.98 Å². The molecule has 25 heavy (non-hydrogen) atoms. The lowest BCUT2D eigenvalue weighted by atomic mass is 10.00. The Labute approximate surface area is 145 Å². The maximum Gasteiger partial charge on any atom is 0.252 e. The first-order chi connectivity index (χ1) is 12.2. The lowest BCUT2D eigenvalue weighted by molar-refractivity contribution is -0.148. The number of hydrogen-bond acceptors (Lipinski definition) is 4. The zero-order valence-electron chi connectivity index (χ0n) is 14.0. The van der Waals surface area contributed by atoms with Crippen LogP contribution in [0.25, 0.3) is 11.0 Å². The molecule has 2 fully saturated rings. The molecule has 0 aliphatic carbocycles. The highest BCUT2D eigenvalue weighted by Crippen LogP contribution is 2.24. The number of nitrogens with zero attached hydrogens (tertiary/aromatic N) is 2. The molecule has 0 bridgehead atoms. The summed E-state index contributed by atoms with van der Waals surface area (Å²) in [4.78, 5) is 34.4. The number of likely N-dealkylation sites (tertiary alicyclic amines) is 1. The number of carbonyl (C=O) groups is 2. The fourth-order valence-corrected chi connectivity index (χ4v) is 3.66. The summed E-state index contributed by atoms with van der Waals surface area (Å²) in [6.07, 6.45) is 5.48. The molecule has 0 spiro atoms. The van der Waals surface area contributed by atoms with Crippen LogP contribution < -0.4 is 5.32 Å². The van der Waals surface area contributed by atoms with Crippen molar-refractivity contribution in [3.8, 4) is 0 Å². The maximum atomic E-state index is 12.8. The van der Waals surface area contributed by atoms with Gasteiger partial charge in [0.15, 0.2) is 0 Å². The summed E-state index contributed by atoms with van der Waals surface area (Å²) in [5.74, 6) is -0.175. The van der Waals surface area contributed by atoms with Gasteiger partial charge in [0.2, 0.25) is 5.91 Å². The molecule has 0 saturated carbocycles. The van der Waals surface area contributed by atoms with E-state index in [4.69, 9.17) is 4.74 Å². The number of amides is 2. The molecule has 2 amide bonds. The number of fused-ring (bicyclic) bond motifs is 1. The number of aromatic nitrogens is 2. The van der Waals surface area contributed by atoms with Crippen LogP contribution in [0.1, 0.15) is 32.1 Å². The number of imidazole rings is 1. The monoisotopic (exact) mass is 342 g/mol. The highest BCUT2D eigenvalue weighted by atomic mass is 16.5. The van der Waals surface area contributed by atoms with Crippen molar-refractivity contribution >= 4 is 28.5 Å². The van der Waals surface area contributed by atoms with E-state index in [1.54, 1.807) is 11.2 Å². The summed E-state index contributed by atoms with van der Waals surface area (Å²) in [5.41, 5.74) is 2.43. The largest absolute Gasteiger partial charge is 0.368 e. The van der Waals surface area contributed by atoms with Gasteiger partial charge in [-0.05, 0) is 50.3 Å². The average Bonchev–Trinajstić information content (AvgIpc) is 3.32. The number of H-pyrrole nitrogens is 1. The Morgan fingerprint density at radius 3 is 3.00 bits per heavy atom. The molecule has 1 aromatic carbocycles. The molecule has 2 aromatic rings. The van der Waals surface area contributed by atoms with Gasteiger partial charge in [0.05, 0.1) is 17.4 Å². The van der Waals surface area contributed by atoms with Gasteiger partial charge in [0.25, 0.3) is 5.91 Å². The van der Waals surface area contributed by atoms with Gasteiger partial charge in [-0.15, -0.1) is 0 Å². The van der Waals surface area contributed by atoms with Crippen LogP contribution >= 0.6 is 0 Å². The second-order valence-electron chi connectivity index (χ2n) is 6.67. The molecule has 7 heteroatoms. The van der Waals surface area contributed by atoms with E-state index in [2.05, 4.69) is 15.3 Å². The normalized spacial score (nSPS) is 23.8. The van der Waals surface area contributed by atoms with E-state index >= 15 is 0 Å². The van der Waals surface area contributed by atoms with Crippen molar-refractivity contribution in [3.05, 3.63) is 24.5 Å². The van der Waals surface area contributed by atoms with Crippen molar-refractivity contribution in [2.24, 2.45) is 0 Å². The second kappa shape index (κ2) is 6.84. The molecule has 7 nitrogen and oxygen atoms in total. The topological polar surface area (TPSA) is 87.3 Å². The predicted octanol–water partition coefficient (Wildman–Crippen LogP) is 2.06. The van der Waals surface area contributed by atoms with Crippen LogP contribution in [0.4, 0.5) is 5.69 Å². The molecule has 0 radical (unpaired) electrons. The molecule has 0 unspecified atom stereocenters. The predicted molar refractivity (Wildman–Crippen MR) is 93.0 cm³/mol. The Bertz CT molecular complexity index is 781. The van der Waals surface area contributed by atoms with E-state index in [-0.39, 0.29) is 17.9 Å². The van der Waals surface area contributed by atoms with Gasteiger partial charge < -0.3 is 19.9 Å². The Morgan fingerprint density at radius 2 is 2.16 bits per heavy atom. The molecule has 3 heterocycles. The first-order valence-electron chi connectivity index (χ1n) is 8.88. The Balaban J connectivity index is 1.49. The summed E-state index contributed by atoms with van der Waals surface area (Å²) < 4.78 is 5.52. The molecule has 132 valence electrons. The molecule has 2 aliphatic rings. The smallest absolute Gasteiger partial charge is 0.252 e. The van der Waals surface area contributed by atoms with Gasteiger partial charge in [-0.3, -0.25) is 9.59 Å². The number of rotatable bonds is 3. The highest BCUT2D eigenvalue weighted by molar-refractivity contribution is 5.99. The lowest BCUT2D eigenvalue weighted by Crippen LogP contribution is -2.52. The van der Waals surface area contributed by atoms with E-state index in [9.17, 15) is 9.59 Å². The van der Waals surface area contributed by atoms with Gasteiger partial charge >= 0.3 is 0 Å². The molecule has 2 N–H and O–H groups in total. The van der Waals surface area contributed by atoms with Crippen LogP contribution in [0.5, 0.6) is 0 Å². The fourth-order valence-electron chi connectivity index (χ4n) is 3.66. The average molecular weight is 342 g/mol. The van der Waals surface area contributed by atoms with Crippen LogP contribution in [0.3, 0.4) is 0 Å². The third-order valence-corrected chi connectivity index (χ3v) is 4.98. The van der Waals surface area contributed by atoms with E-state index in [0.717, 1.165) is 36.7 Å². The Morgan fingerprint density at radius 1 is 1.24 bits per heavy atom. The molecule has 1 aromatic heterocycles. The highest BCUT2D eigenvalue weighted by Gasteiger charge is 2.37. The Kier molecular flexibility index (Phi) is 4.40. The molecular formula is C18H22N4O3. The number of benzene rings is 1. The minimum atomic E-state index is -0.428. The third kappa shape index (κ3) is 3.24. The quantitative estimate of drug-likeness (QED) is 0.894. The van der Waals surface area contributed by atoms with Crippen molar-refractivity contribution in [2.75, 3.05) is 18.5 Å². The minimum Gasteiger partial charge on any atom is -0.368 e. The first kappa shape index (κ1) is 16.1. The van der Waals surface area contributed by atoms with Crippen molar-refractivity contribution < 1.29 is 14.3 Å². The molecule has 2 saturated heterocycles. The Hall–Kier alpha value is -2.41. The van der Waals surface area contributed by atoms with Crippen LogP contribution in [-0.2, 0) is 14.3 Å². The van der Waals surface area contributed by atoms with Gasteiger partial charge in [0.1, 0.15) is 12.1 Å². The summed E-state index contributed by atoms with van der Waals surface area (Å²) in [6, 6.07) is 5.12. The summed E-state index contributed by atoms with van der Waals surface area (Å²) in [5, 5.41) is 2.95. The number of piperidine rings is 1. The van der Waals surface area contributed by atoms with E-state index < -0.39 is 6.04 Å². The summed E-state index contributed by atoms with van der Waals surface area (Å²) in [6.45, 7) is 1.25. The van der Waals surface area contributed by atoms with Gasteiger partial charge in [-0.1, -0.05) is 0 Å². The van der Waals surface area contributed by atoms with Crippen molar-refractivity contribution in [1.82, 2.24) is 14.9 Å². The lowest BCUT2D eigenvalue weighted by Gasteiger charge is -2.36. The van der Waals surface area contributed by atoms with Crippen LogP contribution in [0.2, 0.25) is 0 Å². The van der Waals surface area contributed by atoms with Gasteiger partial charge in [-0.2, -0.15) is 0 Å². The second-order valence-corrected chi connectivity index (χ2v) is 6.67. The first-order valence-corrected chi connectivity index (χ1v) is 8.88. The van der Waals surface area contributed by atoms with Crippen molar-refractivity contribution in [1.29, 1.82) is 0 Å². The molecule has 2 atom stereocenters. The number of anilines is 1. The standard InChI is InChI=1S/C18H22N4O3/c23-17(21-12-6-7-13-14(10-12)20-11-19-13)15-4-1-2-8-22(15)18(24)16-5-3-9-25-16/h6-7,10-11,15-16H,1-5,8-9H2,(H,19,20)(H,21,23)/t15-,16+/m1/s1. The summed E-state index contributed by atoms with van der Waals surface area (Å²) >= 11 is 0. The molecule has 4 rings (SSSR count). The van der Waals surface area contributed by atoms with Crippen LogP contribution in [-0.4, -0.2) is 52.0 Å². The number of hydrogen-bond donors (Lipinski definition) is 2. The van der Waals surface area contributed by atoms with Crippen molar-refractivity contribution in [2.45, 2.75) is 44.2 Å². The molecule has 2 aliphatic heterocycles. The van der Waals surface area contributed by atoms with E-state index in [1.165, 1.54) is 0 Å². The number of nitrogens with one attached hydrogen (secondary N) is 2. The third-order valence-electron chi connectivity index (χ3n) is 4.98. The van der Waals surface area contributed by atoms with Crippen LogP contribution in [0, 0.1) is 0 Å². The maximum absolute atomic E-state index is 12.8. The van der Waals surface area contributed by atoms with E-state index in [0.29, 0.717) is 25.3 Å². The number of carbonyl (C=O) groups excluding carboxylic acids is 2.